The lowest BCUT2D eigenvalue weighted by molar-refractivity contribution is -0.141. The number of carbonyl (C=O) groups is 2. The number of rotatable bonds is 5. The summed E-state index contributed by atoms with van der Waals surface area (Å²) in [6.45, 7) is 2.22. The molecule has 0 radical (unpaired) electrons. The Kier molecular flexibility index (Phi) is 5.83. The summed E-state index contributed by atoms with van der Waals surface area (Å²) in [6.07, 6.45) is 2.34. The maximum absolute atomic E-state index is 12.0. The summed E-state index contributed by atoms with van der Waals surface area (Å²) in [4.78, 5) is 33.9. The molecule has 1 atom stereocenters. The molecule has 1 amide bonds. The van der Waals surface area contributed by atoms with Gasteiger partial charge in [0.05, 0.1) is 12.5 Å². The van der Waals surface area contributed by atoms with Gasteiger partial charge >= 0.3 is 5.97 Å². The Bertz CT molecular complexity index is 551. The number of carboxylic acids is 1. The Morgan fingerprint density at radius 2 is 1.91 bits per heavy atom. The highest BCUT2D eigenvalue weighted by atomic mass is 16.4. The molecule has 9 heteroatoms. The van der Waals surface area contributed by atoms with E-state index in [1.54, 1.807) is 12.4 Å². The highest BCUT2D eigenvalue weighted by molar-refractivity contribution is 5.80. The Morgan fingerprint density at radius 1 is 1.22 bits per heavy atom. The molecule has 0 aromatic carbocycles. The van der Waals surface area contributed by atoms with Gasteiger partial charge in [-0.1, -0.05) is 0 Å². The maximum atomic E-state index is 12.0. The van der Waals surface area contributed by atoms with Crippen LogP contribution in [0.5, 0.6) is 0 Å². The predicted molar refractivity (Wildman–Crippen MR) is 81.2 cm³/mol. The van der Waals surface area contributed by atoms with Crippen molar-refractivity contribution in [1.82, 2.24) is 19.8 Å². The summed E-state index contributed by atoms with van der Waals surface area (Å²) in [5.74, 6) is -1.04. The van der Waals surface area contributed by atoms with Crippen molar-refractivity contribution < 1.29 is 19.8 Å². The Balaban J connectivity index is 1.90. The summed E-state index contributed by atoms with van der Waals surface area (Å²) < 4.78 is 0. The van der Waals surface area contributed by atoms with E-state index in [4.69, 9.17) is 10.8 Å². The van der Waals surface area contributed by atoms with Crippen molar-refractivity contribution in [2.45, 2.75) is 25.5 Å². The zero-order valence-electron chi connectivity index (χ0n) is 12.8. The summed E-state index contributed by atoms with van der Waals surface area (Å²) in [7, 11) is 0. The van der Waals surface area contributed by atoms with Crippen LogP contribution in [-0.4, -0.2) is 74.1 Å². The molecule has 1 fully saturated rings. The van der Waals surface area contributed by atoms with E-state index in [1.165, 1.54) is 4.90 Å². The fraction of sp³-hybridized carbons (Fsp3) is 0.571. The topological polar surface area (TPSA) is 133 Å². The maximum Gasteiger partial charge on any atom is 0.303 e. The minimum absolute atomic E-state index is 0.0478. The number of β-amino-alcohol motifs (C(OH)–C–C–N with tert-alkyl or cyclic N) is 1. The van der Waals surface area contributed by atoms with E-state index < -0.39 is 12.1 Å². The van der Waals surface area contributed by atoms with Gasteiger partial charge in [0.25, 0.3) is 0 Å². The van der Waals surface area contributed by atoms with Crippen LogP contribution in [0.2, 0.25) is 0 Å². The van der Waals surface area contributed by atoms with Crippen LogP contribution in [0, 0.1) is 0 Å². The van der Waals surface area contributed by atoms with Crippen LogP contribution in [0.4, 0.5) is 5.95 Å². The van der Waals surface area contributed by atoms with Gasteiger partial charge in [0.15, 0.2) is 0 Å². The van der Waals surface area contributed by atoms with Crippen LogP contribution in [-0.2, 0) is 16.1 Å². The van der Waals surface area contributed by atoms with E-state index in [2.05, 4.69) is 9.97 Å². The minimum Gasteiger partial charge on any atom is -0.481 e. The van der Waals surface area contributed by atoms with Gasteiger partial charge in [-0.25, -0.2) is 9.97 Å². The monoisotopic (exact) mass is 323 g/mol. The molecule has 1 aliphatic heterocycles. The van der Waals surface area contributed by atoms with Gasteiger partial charge < -0.3 is 20.8 Å². The third-order valence-corrected chi connectivity index (χ3v) is 3.62. The first kappa shape index (κ1) is 17.1. The molecular weight excluding hydrogens is 302 g/mol. The number of amides is 1. The van der Waals surface area contributed by atoms with E-state index in [0.717, 1.165) is 5.56 Å². The van der Waals surface area contributed by atoms with Gasteiger partial charge in [0, 0.05) is 57.1 Å². The predicted octanol–water partition coefficient (Wildman–Crippen LogP) is -1.07. The van der Waals surface area contributed by atoms with E-state index in [1.807, 2.05) is 4.90 Å². The third kappa shape index (κ3) is 5.46. The summed E-state index contributed by atoms with van der Waals surface area (Å²) >= 11 is 0. The van der Waals surface area contributed by atoms with E-state index in [-0.39, 0.29) is 31.2 Å². The highest BCUT2D eigenvalue weighted by Crippen LogP contribution is 2.10. The number of hydrogen-bond donors (Lipinski definition) is 3. The number of carboxylic acid groups (broad SMARTS) is 1. The lowest BCUT2D eigenvalue weighted by Gasteiger charge is -2.21. The Morgan fingerprint density at radius 3 is 2.57 bits per heavy atom. The van der Waals surface area contributed by atoms with Crippen LogP contribution >= 0.6 is 0 Å². The summed E-state index contributed by atoms with van der Waals surface area (Å²) in [5.41, 5.74) is 6.32. The largest absolute Gasteiger partial charge is 0.481 e. The number of aromatic nitrogens is 2. The molecule has 0 saturated carbocycles. The van der Waals surface area contributed by atoms with Crippen molar-refractivity contribution in [1.29, 1.82) is 0 Å². The number of aliphatic carboxylic acids is 1. The van der Waals surface area contributed by atoms with Crippen molar-refractivity contribution in [3.05, 3.63) is 18.0 Å². The zero-order chi connectivity index (χ0) is 16.8. The van der Waals surface area contributed by atoms with E-state index >= 15 is 0 Å². The standard InChI is InChI=1S/C14H21N5O4/c15-14-16-5-10(6-17-14)7-18-3-4-19(9-11(20)8-18)12(21)1-2-13(22)23/h5-6,11,20H,1-4,7-9H2,(H,22,23)(H2,15,16,17)/t11-/m1/s1. The molecule has 126 valence electrons. The van der Waals surface area contributed by atoms with Gasteiger partial charge in [-0.05, 0) is 0 Å². The fourth-order valence-corrected chi connectivity index (χ4v) is 2.50. The molecule has 4 N–H and O–H groups in total. The number of carbonyl (C=O) groups excluding carboxylic acids is 1. The second-order valence-electron chi connectivity index (χ2n) is 5.57. The van der Waals surface area contributed by atoms with Gasteiger partial charge in [-0.15, -0.1) is 0 Å². The molecule has 2 heterocycles. The fourth-order valence-electron chi connectivity index (χ4n) is 2.50. The summed E-state index contributed by atoms with van der Waals surface area (Å²) in [6, 6.07) is 0. The van der Waals surface area contributed by atoms with Crippen molar-refractivity contribution in [3.63, 3.8) is 0 Å². The zero-order valence-corrected chi connectivity index (χ0v) is 12.8. The number of nitrogens with zero attached hydrogens (tertiary/aromatic N) is 4. The average molecular weight is 323 g/mol. The molecule has 1 aromatic rings. The molecule has 23 heavy (non-hydrogen) atoms. The van der Waals surface area contributed by atoms with Crippen LogP contribution < -0.4 is 5.73 Å². The third-order valence-electron chi connectivity index (χ3n) is 3.62. The Hall–Kier alpha value is -2.26. The van der Waals surface area contributed by atoms with Crippen LogP contribution in [0.1, 0.15) is 18.4 Å². The molecule has 0 spiro atoms. The lowest BCUT2D eigenvalue weighted by Crippen LogP contribution is -2.37. The minimum atomic E-state index is -1.00. The smallest absolute Gasteiger partial charge is 0.303 e. The lowest BCUT2D eigenvalue weighted by atomic mass is 10.2. The summed E-state index contributed by atoms with van der Waals surface area (Å²) in [5, 5.41) is 18.7. The van der Waals surface area contributed by atoms with Crippen molar-refractivity contribution in [2.75, 3.05) is 31.9 Å². The first-order valence-corrected chi connectivity index (χ1v) is 7.40. The van der Waals surface area contributed by atoms with Gasteiger partial charge in [0.2, 0.25) is 11.9 Å². The molecule has 1 aromatic heterocycles. The number of nitrogens with two attached hydrogens (primary N) is 1. The van der Waals surface area contributed by atoms with Crippen LogP contribution in [0.15, 0.2) is 12.4 Å². The molecular formula is C14H21N5O4. The second-order valence-corrected chi connectivity index (χ2v) is 5.57. The van der Waals surface area contributed by atoms with Gasteiger partial charge in [-0.3, -0.25) is 14.5 Å². The number of aliphatic hydroxyl groups excluding tert-OH is 1. The van der Waals surface area contributed by atoms with E-state index in [9.17, 15) is 14.7 Å². The Labute approximate surface area is 133 Å². The molecule has 0 bridgehead atoms. The molecule has 9 nitrogen and oxygen atoms in total. The molecule has 0 aliphatic carbocycles. The van der Waals surface area contributed by atoms with Crippen LogP contribution in [0.25, 0.3) is 0 Å². The van der Waals surface area contributed by atoms with Crippen molar-refractivity contribution >= 4 is 17.8 Å². The number of anilines is 1. The molecule has 2 rings (SSSR count). The van der Waals surface area contributed by atoms with Crippen molar-refractivity contribution in [2.24, 2.45) is 0 Å². The molecule has 0 unspecified atom stereocenters. The first-order chi connectivity index (χ1) is 10.9. The quantitative estimate of drug-likeness (QED) is 0.624. The van der Waals surface area contributed by atoms with Gasteiger partial charge in [-0.2, -0.15) is 0 Å². The molecule has 1 aliphatic rings. The molecule has 1 saturated heterocycles. The normalized spacial score (nSPS) is 19.3. The van der Waals surface area contributed by atoms with Gasteiger partial charge in [0.1, 0.15) is 0 Å². The van der Waals surface area contributed by atoms with E-state index in [0.29, 0.717) is 26.2 Å². The number of aliphatic hydroxyl groups is 1. The SMILES string of the molecule is Nc1ncc(CN2CCN(C(=O)CCC(=O)O)C[C@H](O)C2)cn1. The first-order valence-electron chi connectivity index (χ1n) is 7.40. The van der Waals surface area contributed by atoms with Crippen molar-refractivity contribution in [3.8, 4) is 0 Å². The second kappa shape index (κ2) is 7.84. The van der Waals surface area contributed by atoms with Crippen LogP contribution in [0.3, 0.4) is 0 Å². The number of hydrogen-bond acceptors (Lipinski definition) is 7. The highest BCUT2D eigenvalue weighted by Gasteiger charge is 2.24. The average Bonchev–Trinajstić information content (AvgIpc) is 2.68. The number of nitrogen functional groups attached to an aromatic ring is 1.